The maximum atomic E-state index is 10.8. The standard InChI is InChI=1S/C11H14N2O4/c1-7(12-13-11(15)17-3)9-5-4-8(16-2)6-10(9)14/h4-6,14H,1-3H3,(H,13,15). The Morgan fingerprint density at radius 2 is 2.12 bits per heavy atom. The smallest absolute Gasteiger partial charge is 0.427 e. The van der Waals surface area contributed by atoms with Crippen LogP contribution in [0.15, 0.2) is 23.3 Å². The fourth-order valence-electron chi connectivity index (χ4n) is 1.18. The third kappa shape index (κ3) is 3.37. The Kier molecular flexibility index (Phi) is 4.33. The molecule has 6 nitrogen and oxygen atoms in total. The second-order valence-corrected chi connectivity index (χ2v) is 3.18. The molecule has 92 valence electrons. The van der Waals surface area contributed by atoms with Gasteiger partial charge in [0.25, 0.3) is 0 Å². The largest absolute Gasteiger partial charge is 0.507 e. The van der Waals surface area contributed by atoms with Crippen LogP contribution < -0.4 is 10.2 Å². The van der Waals surface area contributed by atoms with E-state index in [0.29, 0.717) is 17.0 Å². The molecule has 0 saturated heterocycles. The Bertz CT molecular complexity index is 443. The Morgan fingerprint density at radius 1 is 1.41 bits per heavy atom. The lowest BCUT2D eigenvalue weighted by Crippen LogP contribution is -2.18. The summed E-state index contributed by atoms with van der Waals surface area (Å²) in [6.07, 6.45) is -0.669. The molecular formula is C11H14N2O4. The topological polar surface area (TPSA) is 80.2 Å². The highest BCUT2D eigenvalue weighted by molar-refractivity contribution is 6.01. The van der Waals surface area contributed by atoms with Crippen molar-refractivity contribution in [3.05, 3.63) is 23.8 Å². The van der Waals surface area contributed by atoms with Crippen molar-refractivity contribution in [3.63, 3.8) is 0 Å². The molecule has 0 aliphatic heterocycles. The molecule has 0 aliphatic carbocycles. The van der Waals surface area contributed by atoms with E-state index in [9.17, 15) is 9.90 Å². The Hall–Kier alpha value is -2.24. The van der Waals surface area contributed by atoms with Crippen LogP contribution in [0.5, 0.6) is 11.5 Å². The van der Waals surface area contributed by atoms with Gasteiger partial charge in [-0.2, -0.15) is 5.10 Å². The van der Waals surface area contributed by atoms with Crippen LogP contribution in [0.1, 0.15) is 12.5 Å². The number of rotatable bonds is 3. The van der Waals surface area contributed by atoms with Crippen molar-refractivity contribution in [3.8, 4) is 11.5 Å². The number of carbonyl (C=O) groups excluding carboxylic acids is 1. The Labute approximate surface area is 98.9 Å². The predicted molar refractivity (Wildman–Crippen MR) is 62.4 cm³/mol. The van der Waals surface area contributed by atoms with Crippen molar-refractivity contribution in [2.45, 2.75) is 6.92 Å². The van der Waals surface area contributed by atoms with E-state index in [1.165, 1.54) is 20.3 Å². The van der Waals surface area contributed by atoms with Crippen molar-refractivity contribution in [1.29, 1.82) is 0 Å². The average Bonchev–Trinajstić information content (AvgIpc) is 2.35. The highest BCUT2D eigenvalue weighted by Crippen LogP contribution is 2.23. The summed E-state index contributed by atoms with van der Waals surface area (Å²) in [4.78, 5) is 10.8. The normalized spacial score (nSPS) is 10.9. The number of hydrazone groups is 1. The zero-order valence-corrected chi connectivity index (χ0v) is 9.85. The summed E-state index contributed by atoms with van der Waals surface area (Å²) < 4.78 is 9.32. The number of methoxy groups -OCH3 is 2. The molecule has 0 unspecified atom stereocenters. The number of phenols is 1. The molecule has 0 heterocycles. The minimum atomic E-state index is -0.669. The summed E-state index contributed by atoms with van der Waals surface area (Å²) in [6.45, 7) is 1.65. The fraction of sp³-hybridized carbons (Fsp3) is 0.273. The van der Waals surface area contributed by atoms with Gasteiger partial charge < -0.3 is 14.6 Å². The number of amides is 1. The number of carbonyl (C=O) groups is 1. The molecule has 0 bridgehead atoms. The molecule has 0 aromatic heterocycles. The molecule has 1 rings (SSSR count). The third-order valence-electron chi connectivity index (χ3n) is 2.09. The first kappa shape index (κ1) is 12.8. The van der Waals surface area contributed by atoms with Gasteiger partial charge in [0, 0.05) is 11.6 Å². The number of hydrogen-bond donors (Lipinski definition) is 2. The first-order valence-corrected chi connectivity index (χ1v) is 4.84. The zero-order valence-electron chi connectivity index (χ0n) is 9.85. The van der Waals surface area contributed by atoms with Crippen LogP contribution in [0.2, 0.25) is 0 Å². The molecule has 0 spiro atoms. The fourth-order valence-corrected chi connectivity index (χ4v) is 1.18. The number of hydrogen-bond acceptors (Lipinski definition) is 5. The molecule has 0 saturated carbocycles. The highest BCUT2D eigenvalue weighted by atomic mass is 16.5. The Balaban J connectivity index is 2.88. The molecule has 1 aromatic carbocycles. The van der Waals surface area contributed by atoms with E-state index < -0.39 is 6.09 Å². The number of phenolic OH excluding ortho intramolecular Hbond substituents is 1. The monoisotopic (exact) mass is 238 g/mol. The van der Waals surface area contributed by atoms with Crippen molar-refractivity contribution >= 4 is 11.8 Å². The quantitative estimate of drug-likeness (QED) is 0.617. The van der Waals surface area contributed by atoms with Crippen LogP contribution in [0.3, 0.4) is 0 Å². The van der Waals surface area contributed by atoms with E-state index in [0.717, 1.165) is 0 Å². The number of aromatic hydroxyl groups is 1. The summed E-state index contributed by atoms with van der Waals surface area (Å²) in [5.41, 5.74) is 3.13. The van der Waals surface area contributed by atoms with E-state index in [1.54, 1.807) is 19.1 Å². The van der Waals surface area contributed by atoms with Crippen LogP contribution in [0, 0.1) is 0 Å². The van der Waals surface area contributed by atoms with E-state index in [1.807, 2.05) is 0 Å². The lowest BCUT2D eigenvalue weighted by Gasteiger charge is -2.06. The van der Waals surface area contributed by atoms with Gasteiger partial charge in [0.2, 0.25) is 0 Å². The summed E-state index contributed by atoms with van der Waals surface area (Å²) in [5, 5.41) is 13.5. The minimum absolute atomic E-state index is 0.0252. The van der Waals surface area contributed by atoms with Crippen molar-refractivity contribution in [1.82, 2.24) is 5.43 Å². The number of nitrogens with zero attached hydrogens (tertiary/aromatic N) is 1. The molecule has 0 aliphatic rings. The van der Waals surface area contributed by atoms with Gasteiger partial charge in [-0.15, -0.1) is 0 Å². The molecule has 6 heteroatoms. The van der Waals surface area contributed by atoms with Gasteiger partial charge in [0.1, 0.15) is 11.5 Å². The average molecular weight is 238 g/mol. The van der Waals surface area contributed by atoms with E-state index in [2.05, 4.69) is 15.3 Å². The summed E-state index contributed by atoms with van der Waals surface area (Å²) in [6, 6.07) is 4.80. The summed E-state index contributed by atoms with van der Waals surface area (Å²) in [5.74, 6) is 0.567. The van der Waals surface area contributed by atoms with Gasteiger partial charge in [-0.05, 0) is 19.1 Å². The van der Waals surface area contributed by atoms with E-state index in [-0.39, 0.29) is 5.75 Å². The number of benzene rings is 1. The summed E-state index contributed by atoms with van der Waals surface area (Å²) >= 11 is 0. The van der Waals surface area contributed by atoms with Gasteiger partial charge in [-0.3, -0.25) is 0 Å². The first-order valence-electron chi connectivity index (χ1n) is 4.84. The Morgan fingerprint density at radius 3 is 2.65 bits per heavy atom. The second kappa shape index (κ2) is 5.74. The van der Waals surface area contributed by atoms with Gasteiger partial charge in [0.05, 0.1) is 19.9 Å². The van der Waals surface area contributed by atoms with E-state index in [4.69, 9.17) is 4.74 Å². The first-order chi connectivity index (χ1) is 8.08. The minimum Gasteiger partial charge on any atom is -0.507 e. The van der Waals surface area contributed by atoms with Crippen LogP contribution >= 0.6 is 0 Å². The van der Waals surface area contributed by atoms with Crippen LogP contribution in [0.25, 0.3) is 0 Å². The second-order valence-electron chi connectivity index (χ2n) is 3.18. The van der Waals surface area contributed by atoms with Gasteiger partial charge in [-0.25, -0.2) is 10.2 Å². The highest BCUT2D eigenvalue weighted by Gasteiger charge is 2.06. The zero-order chi connectivity index (χ0) is 12.8. The molecule has 1 amide bonds. The van der Waals surface area contributed by atoms with Crippen LogP contribution in [-0.2, 0) is 4.74 Å². The van der Waals surface area contributed by atoms with Crippen molar-refractivity contribution in [2.75, 3.05) is 14.2 Å². The SMILES string of the molecule is COC(=O)NN=C(C)c1ccc(OC)cc1O. The predicted octanol–water partition coefficient (Wildman–Crippen LogP) is 1.48. The molecule has 2 N–H and O–H groups in total. The van der Waals surface area contributed by atoms with Crippen molar-refractivity contribution < 1.29 is 19.4 Å². The molecule has 0 fully saturated rings. The number of ether oxygens (including phenoxy) is 2. The number of nitrogens with one attached hydrogen (secondary N) is 1. The van der Waals surface area contributed by atoms with Gasteiger partial charge >= 0.3 is 6.09 Å². The van der Waals surface area contributed by atoms with Gasteiger partial charge in [0.15, 0.2) is 0 Å². The van der Waals surface area contributed by atoms with Gasteiger partial charge in [-0.1, -0.05) is 0 Å². The van der Waals surface area contributed by atoms with Crippen molar-refractivity contribution in [2.24, 2.45) is 5.10 Å². The molecule has 1 aromatic rings. The molecule has 0 atom stereocenters. The maximum absolute atomic E-state index is 10.8. The van der Waals surface area contributed by atoms with E-state index >= 15 is 0 Å². The summed E-state index contributed by atoms with van der Waals surface area (Å²) in [7, 11) is 2.75. The maximum Gasteiger partial charge on any atom is 0.427 e. The lowest BCUT2D eigenvalue weighted by atomic mass is 10.1. The lowest BCUT2D eigenvalue weighted by molar-refractivity contribution is 0.171. The molecule has 0 radical (unpaired) electrons. The third-order valence-corrected chi connectivity index (χ3v) is 2.09. The van der Waals surface area contributed by atoms with Crippen LogP contribution in [-0.4, -0.2) is 31.1 Å². The molecule has 17 heavy (non-hydrogen) atoms. The molecular weight excluding hydrogens is 224 g/mol. The van der Waals surface area contributed by atoms with Crippen LogP contribution in [0.4, 0.5) is 4.79 Å².